The van der Waals surface area contributed by atoms with Crippen molar-refractivity contribution in [3.63, 3.8) is 0 Å². The highest BCUT2D eigenvalue weighted by Gasteiger charge is 2.32. The van der Waals surface area contributed by atoms with Crippen LogP contribution in [0.4, 0.5) is 4.79 Å². The van der Waals surface area contributed by atoms with Crippen molar-refractivity contribution in [2.24, 2.45) is 0 Å². The van der Waals surface area contributed by atoms with Crippen LogP contribution in [0.15, 0.2) is 54.6 Å². The number of carbonyl (C=O) groups is 2. The highest BCUT2D eigenvalue weighted by molar-refractivity contribution is 5.81. The second-order valence-corrected chi connectivity index (χ2v) is 6.51. The van der Waals surface area contributed by atoms with Crippen molar-refractivity contribution < 1.29 is 19.4 Å². The molecule has 0 spiro atoms. The van der Waals surface area contributed by atoms with Crippen molar-refractivity contribution >= 4 is 12.1 Å². The standard InChI is InChI=1S/C21H23NO4/c1-2-22(21(25)26-14-15-7-4-3-5-8-15)19(20(23)24)18-10-6-9-17(13-18)16-11-12-16/h3-10,13,16,19H,2,11-12,14H2,1H3,(H,23,24). The quantitative estimate of drug-likeness (QED) is 0.804. The Kier molecular flexibility index (Phi) is 5.56. The van der Waals surface area contributed by atoms with Crippen molar-refractivity contribution in [1.29, 1.82) is 0 Å². The minimum atomic E-state index is -1.06. The number of amides is 1. The van der Waals surface area contributed by atoms with E-state index in [1.807, 2.05) is 48.5 Å². The Hall–Kier alpha value is -2.82. The zero-order valence-corrected chi connectivity index (χ0v) is 14.8. The van der Waals surface area contributed by atoms with E-state index in [1.165, 1.54) is 4.90 Å². The zero-order chi connectivity index (χ0) is 18.5. The molecule has 26 heavy (non-hydrogen) atoms. The third-order valence-electron chi connectivity index (χ3n) is 4.60. The van der Waals surface area contributed by atoms with Crippen molar-refractivity contribution in [1.82, 2.24) is 4.90 Å². The number of hydrogen-bond donors (Lipinski definition) is 1. The van der Waals surface area contributed by atoms with Crippen LogP contribution in [-0.2, 0) is 16.1 Å². The van der Waals surface area contributed by atoms with E-state index < -0.39 is 18.1 Å². The summed E-state index contributed by atoms with van der Waals surface area (Å²) in [5.74, 6) is -0.541. The summed E-state index contributed by atoms with van der Waals surface area (Å²) in [6, 6.07) is 15.8. The second kappa shape index (κ2) is 8.04. The van der Waals surface area contributed by atoms with Gasteiger partial charge in [-0.15, -0.1) is 0 Å². The lowest BCUT2D eigenvalue weighted by Crippen LogP contribution is -2.39. The Morgan fingerprint density at radius 2 is 1.88 bits per heavy atom. The van der Waals surface area contributed by atoms with Crippen LogP contribution in [0.3, 0.4) is 0 Å². The molecular formula is C21H23NO4. The van der Waals surface area contributed by atoms with Gasteiger partial charge in [0.15, 0.2) is 6.04 Å². The summed E-state index contributed by atoms with van der Waals surface area (Å²) in [6.07, 6.45) is 1.65. The summed E-state index contributed by atoms with van der Waals surface area (Å²) < 4.78 is 5.35. The molecule has 5 nitrogen and oxygen atoms in total. The van der Waals surface area contributed by atoms with Gasteiger partial charge in [-0.25, -0.2) is 9.59 Å². The number of likely N-dealkylation sites (N-methyl/N-ethyl adjacent to an activating group) is 1. The fourth-order valence-corrected chi connectivity index (χ4v) is 3.07. The Morgan fingerprint density at radius 3 is 2.50 bits per heavy atom. The van der Waals surface area contributed by atoms with Gasteiger partial charge in [-0.1, -0.05) is 54.6 Å². The molecule has 0 aliphatic heterocycles. The molecule has 0 saturated heterocycles. The van der Waals surface area contributed by atoms with E-state index in [-0.39, 0.29) is 13.2 Å². The maximum atomic E-state index is 12.5. The fourth-order valence-electron chi connectivity index (χ4n) is 3.07. The lowest BCUT2D eigenvalue weighted by atomic mass is 10.0. The van der Waals surface area contributed by atoms with E-state index in [0.29, 0.717) is 11.5 Å². The molecular weight excluding hydrogens is 330 g/mol. The predicted molar refractivity (Wildman–Crippen MR) is 97.8 cm³/mol. The smallest absolute Gasteiger partial charge is 0.411 e. The van der Waals surface area contributed by atoms with Crippen LogP contribution in [0.1, 0.15) is 48.4 Å². The Bertz CT molecular complexity index is 771. The number of hydrogen-bond acceptors (Lipinski definition) is 3. The van der Waals surface area contributed by atoms with E-state index >= 15 is 0 Å². The first-order valence-electron chi connectivity index (χ1n) is 8.90. The molecule has 0 heterocycles. The molecule has 1 aliphatic carbocycles. The maximum absolute atomic E-state index is 12.5. The average molecular weight is 353 g/mol. The molecule has 1 saturated carbocycles. The third kappa shape index (κ3) is 4.23. The van der Waals surface area contributed by atoms with Crippen molar-refractivity contribution in [3.8, 4) is 0 Å². The van der Waals surface area contributed by atoms with E-state index in [9.17, 15) is 14.7 Å². The number of nitrogens with zero attached hydrogens (tertiary/aromatic N) is 1. The zero-order valence-electron chi connectivity index (χ0n) is 14.8. The number of rotatable bonds is 7. The van der Waals surface area contributed by atoms with Gasteiger partial charge >= 0.3 is 12.1 Å². The Balaban J connectivity index is 1.76. The van der Waals surface area contributed by atoms with Gasteiger partial charge in [-0.2, -0.15) is 0 Å². The first-order valence-corrected chi connectivity index (χ1v) is 8.90. The monoisotopic (exact) mass is 353 g/mol. The van der Waals surface area contributed by atoms with Crippen LogP contribution in [0, 0.1) is 0 Å². The SMILES string of the molecule is CCN(C(=O)OCc1ccccc1)C(C(=O)O)c1cccc(C2CC2)c1. The van der Waals surface area contributed by atoms with Crippen LogP contribution < -0.4 is 0 Å². The number of benzene rings is 2. The average Bonchev–Trinajstić information content (AvgIpc) is 3.50. The fraction of sp³-hybridized carbons (Fsp3) is 0.333. The van der Waals surface area contributed by atoms with E-state index in [0.717, 1.165) is 24.0 Å². The minimum Gasteiger partial charge on any atom is -0.479 e. The number of aliphatic carboxylic acids is 1. The molecule has 0 radical (unpaired) electrons. The molecule has 136 valence electrons. The molecule has 2 aromatic rings. The van der Waals surface area contributed by atoms with Crippen LogP contribution in [0.5, 0.6) is 0 Å². The van der Waals surface area contributed by atoms with Gasteiger partial charge in [-0.3, -0.25) is 4.90 Å². The lowest BCUT2D eigenvalue weighted by Gasteiger charge is -2.27. The van der Waals surface area contributed by atoms with Crippen LogP contribution in [0.2, 0.25) is 0 Å². The Morgan fingerprint density at radius 1 is 1.15 bits per heavy atom. The Labute approximate surface area is 153 Å². The summed E-state index contributed by atoms with van der Waals surface area (Å²) in [5.41, 5.74) is 2.61. The van der Waals surface area contributed by atoms with E-state index in [4.69, 9.17) is 4.74 Å². The van der Waals surface area contributed by atoms with Crippen LogP contribution in [0.25, 0.3) is 0 Å². The molecule has 1 fully saturated rings. The van der Waals surface area contributed by atoms with Crippen molar-refractivity contribution in [2.45, 2.75) is 38.3 Å². The largest absolute Gasteiger partial charge is 0.479 e. The predicted octanol–water partition coefficient (Wildman–Crippen LogP) is 4.35. The maximum Gasteiger partial charge on any atom is 0.411 e. The van der Waals surface area contributed by atoms with Gasteiger partial charge in [0.05, 0.1) is 0 Å². The summed E-state index contributed by atoms with van der Waals surface area (Å²) >= 11 is 0. The molecule has 0 bridgehead atoms. The summed E-state index contributed by atoms with van der Waals surface area (Å²) in [6.45, 7) is 2.12. The number of carbonyl (C=O) groups excluding carboxylic acids is 1. The van der Waals surface area contributed by atoms with Gasteiger partial charge in [-0.05, 0) is 42.4 Å². The molecule has 2 aromatic carbocycles. The van der Waals surface area contributed by atoms with Crippen molar-refractivity contribution in [2.75, 3.05) is 6.54 Å². The number of carboxylic acid groups (broad SMARTS) is 1. The van der Waals surface area contributed by atoms with Gasteiger partial charge in [0.25, 0.3) is 0 Å². The van der Waals surface area contributed by atoms with Gasteiger partial charge in [0, 0.05) is 6.54 Å². The molecule has 0 aromatic heterocycles. The van der Waals surface area contributed by atoms with Gasteiger partial charge in [0.2, 0.25) is 0 Å². The van der Waals surface area contributed by atoms with Gasteiger partial charge < -0.3 is 9.84 Å². The molecule has 1 atom stereocenters. The second-order valence-electron chi connectivity index (χ2n) is 6.51. The topological polar surface area (TPSA) is 66.8 Å². The highest BCUT2D eigenvalue weighted by Crippen LogP contribution is 2.41. The molecule has 1 N–H and O–H groups in total. The molecule has 3 rings (SSSR count). The number of carboxylic acids is 1. The van der Waals surface area contributed by atoms with Crippen LogP contribution >= 0.6 is 0 Å². The lowest BCUT2D eigenvalue weighted by molar-refractivity contribution is -0.143. The molecule has 1 aliphatic rings. The first-order chi connectivity index (χ1) is 12.6. The summed E-state index contributed by atoms with van der Waals surface area (Å²) in [4.78, 5) is 25.7. The molecule has 5 heteroatoms. The normalized spacial score (nSPS) is 14.5. The van der Waals surface area contributed by atoms with E-state index in [1.54, 1.807) is 13.0 Å². The summed E-state index contributed by atoms with van der Waals surface area (Å²) in [7, 11) is 0. The van der Waals surface area contributed by atoms with E-state index in [2.05, 4.69) is 0 Å². The summed E-state index contributed by atoms with van der Waals surface area (Å²) in [5, 5.41) is 9.76. The third-order valence-corrected chi connectivity index (χ3v) is 4.60. The molecule has 1 unspecified atom stereocenters. The first kappa shape index (κ1) is 18.0. The highest BCUT2D eigenvalue weighted by atomic mass is 16.6. The minimum absolute atomic E-state index is 0.116. The number of ether oxygens (including phenoxy) is 1. The molecule has 1 amide bonds. The van der Waals surface area contributed by atoms with Crippen molar-refractivity contribution in [3.05, 3.63) is 71.3 Å². The van der Waals surface area contributed by atoms with Gasteiger partial charge in [0.1, 0.15) is 6.61 Å². The van der Waals surface area contributed by atoms with Crippen LogP contribution in [-0.4, -0.2) is 28.6 Å².